The molecule has 1 fully saturated rings. The molecule has 2 aromatic heterocycles. The Kier molecular flexibility index (Phi) is 6.70. The summed E-state index contributed by atoms with van der Waals surface area (Å²) in [6.07, 6.45) is 5.08. The van der Waals surface area contributed by atoms with Gasteiger partial charge in [0, 0.05) is 40.7 Å². The predicted molar refractivity (Wildman–Crippen MR) is 117 cm³/mol. The molecule has 6 nitrogen and oxygen atoms in total. The largest absolute Gasteiger partial charge is 0.351 e. The van der Waals surface area contributed by atoms with E-state index in [4.69, 9.17) is 0 Å². The average molecular weight is 415 g/mol. The van der Waals surface area contributed by atoms with Gasteiger partial charge in [-0.25, -0.2) is 0 Å². The number of hydrogen-bond donors (Lipinski definition) is 2. The summed E-state index contributed by atoms with van der Waals surface area (Å²) in [7, 11) is 0. The first-order valence-corrected chi connectivity index (χ1v) is 10.9. The molecule has 1 saturated heterocycles. The Morgan fingerprint density at radius 1 is 1.21 bits per heavy atom. The number of carbonyl (C=O) groups excluding carboxylic acids is 2. The fourth-order valence-corrected chi connectivity index (χ4v) is 4.31. The molecule has 1 aliphatic rings. The number of nitrogens with one attached hydrogen (secondary N) is 2. The van der Waals surface area contributed by atoms with E-state index < -0.39 is 0 Å². The normalized spacial score (nSPS) is 15.9. The van der Waals surface area contributed by atoms with Crippen molar-refractivity contribution in [3.63, 3.8) is 0 Å². The summed E-state index contributed by atoms with van der Waals surface area (Å²) in [5.74, 6) is 0.131. The van der Waals surface area contributed by atoms with Crippen LogP contribution in [0.2, 0.25) is 0 Å². The van der Waals surface area contributed by atoms with Gasteiger partial charge in [0.05, 0.1) is 11.3 Å². The lowest BCUT2D eigenvalue weighted by Crippen LogP contribution is -2.46. The Morgan fingerprint density at radius 2 is 1.93 bits per heavy atom. The van der Waals surface area contributed by atoms with Gasteiger partial charge in [-0.1, -0.05) is 0 Å². The maximum atomic E-state index is 12.4. The van der Waals surface area contributed by atoms with Gasteiger partial charge in [-0.05, 0) is 71.3 Å². The molecule has 1 aliphatic heterocycles. The molecule has 0 saturated carbocycles. The second kappa shape index (κ2) is 9.05. The van der Waals surface area contributed by atoms with Crippen LogP contribution in [0, 0.1) is 12.8 Å². The van der Waals surface area contributed by atoms with Crippen LogP contribution in [0.1, 0.15) is 54.4 Å². The third-order valence-corrected chi connectivity index (χ3v) is 5.81. The molecule has 156 valence electrons. The molecule has 2 amide bonds. The van der Waals surface area contributed by atoms with Crippen molar-refractivity contribution in [3.8, 4) is 0 Å². The third kappa shape index (κ3) is 6.37. The van der Waals surface area contributed by atoms with E-state index in [0.29, 0.717) is 5.56 Å². The molecule has 0 spiro atoms. The number of thiophene rings is 1. The molecule has 7 heteroatoms. The molecule has 0 radical (unpaired) electrons. The van der Waals surface area contributed by atoms with Crippen molar-refractivity contribution in [1.82, 2.24) is 15.2 Å². The van der Waals surface area contributed by atoms with Gasteiger partial charge in [0.1, 0.15) is 0 Å². The van der Waals surface area contributed by atoms with E-state index in [2.05, 4.69) is 20.5 Å². The van der Waals surface area contributed by atoms with Gasteiger partial charge in [-0.2, -0.15) is 0 Å². The van der Waals surface area contributed by atoms with Crippen LogP contribution in [0.3, 0.4) is 0 Å². The fraction of sp³-hybridized carbons (Fsp3) is 0.500. The zero-order valence-electron chi connectivity index (χ0n) is 17.6. The minimum Gasteiger partial charge on any atom is -0.351 e. The summed E-state index contributed by atoms with van der Waals surface area (Å²) in [5, 5.41) is 8.01. The van der Waals surface area contributed by atoms with Crippen molar-refractivity contribution in [3.05, 3.63) is 45.9 Å². The number of likely N-dealkylation sites (tertiary alicyclic amines) is 1. The van der Waals surface area contributed by atoms with Gasteiger partial charge in [0.15, 0.2) is 0 Å². The van der Waals surface area contributed by atoms with Crippen molar-refractivity contribution in [2.24, 2.45) is 5.92 Å². The van der Waals surface area contributed by atoms with E-state index in [9.17, 15) is 9.59 Å². The summed E-state index contributed by atoms with van der Waals surface area (Å²) < 4.78 is 0. The number of pyridine rings is 1. The van der Waals surface area contributed by atoms with Gasteiger partial charge in [0.25, 0.3) is 5.91 Å². The highest BCUT2D eigenvalue weighted by molar-refractivity contribution is 7.10. The molecule has 29 heavy (non-hydrogen) atoms. The van der Waals surface area contributed by atoms with Crippen molar-refractivity contribution in [1.29, 1.82) is 0 Å². The fourth-order valence-electron chi connectivity index (χ4n) is 3.46. The number of nitrogens with zero attached hydrogens (tertiary/aromatic N) is 2. The molecule has 0 aromatic carbocycles. The van der Waals surface area contributed by atoms with Gasteiger partial charge < -0.3 is 10.6 Å². The Bertz CT molecular complexity index is 864. The van der Waals surface area contributed by atoms with Gasteiger partial charge in [-0.15, -0.1) is 11.3 Å². The van der Waals surface area contributed by atoms with Gasteiger partial charge in [-0.3, -0.25) is 19.5 Å². The smallest absolute Gasteiger partial charge is 0.257 e. The number of amides is 2. The van der Waals surface area contributed by atoms with Crippen LogP contribution >= 0.6 is 11.3 Å². The minimum absolute atomic E-state index is 0.103. The maximum absolute atomic E-state index is 12.4. The number of anilines is 1. The Labute approximate surface area is 176 Å². The lowest BCUT2D eigenvalue weighted by atomic mass is 9.94. The SMILES string of the molecule is Cc1cncc(C(=O)Nc2csc(CN3CCC(C(=O)NC(C)(C)C)CC3)c2)c1. The van der Waals surface area contributed by atoms with E-state index >= 15 is 0 Å². The van der Waals surface area contributed by atoms with Crippen molar-refractivity contribution >= 4 is 28.8 Å². The number of aromatic nitrogens is 1. The number of rotatable bonds is 5. The van der Waals surface area contributed by atoms with Crippen molar-refractivity contribution in [2.45, 2.75) is 52.6 Å². The molecule has 2 N–H and O–H groups in total. The van der Waals surface area contributed by atoms with Crippen molar-refractivity contribution in [2.75, 3.05) is 18.4 Å². The average Bonchev–Trinajstić information content (AvgIpc) is 3.07. The second-order valence-corrected chi connectivity index (χ2v) is 9.79. The number of carbonyl (C=O) groups is 2. The maximum Gasteiger partial charge on any atom is 0.257 e. The summed E-state index contributed by atoms with van der Waals surface area (Å²) in [6.45, 7) is 10.6. The molecule has 0 unspecified atom stereocenters. The minimum atomic E-state index is -0.180. The highest BCUT2D eigenvalue weighted by Gasteiger charge is 2.27. The second-order valence-electron chi connectivity index (χ2n) is 8.80. The molecule has 0 atom stereocenters. The lowest BCUT2D eigenvalue weighted by Gasteiger charge is -2.32. The van der Waals surface area contributed by atoms with Crippen LogP contribution in [0.15, 0.2) is 29.9 Å². The van der Waals surface area contributed by atoms with Crippen LogP contribution in [0.4, 0.5) is 5.69 Å². The van der Waals surface area contributed by atoms with E-state index in [1.54, 1.807) is 23.7 Å². The summed E-state index contributed by atoms with van der Waals surface area (Å²) in [6, 6.07) is 3.86. The monoisotopic (exact) mass is 414 g/mol. The molecular weight excluding hydrogens is 384 g/mol. The zero-order valence-corrected chi connectivity index (χ0v) is 18.4. The Hall–Kier alpha value is -2.25. The quantitative estimate of drug-likeness (QED) is 0.780. The number of piperidine rings is 1. The third-order valence-electron chi connectivity index (χ3n) is 4.88. The Balaban J connectivity index is 1.48. The lowest BCUT2D eigenvalue weighted by molar-refractivity contribution is -0.127. The predicted octanol–water partition coefficient (Wildman–Crippen LogP) is 3.83. The van der Waals surface area contributed by atoms with Gasteiger partial charge in [0.2, 0.25) is 5.91 Å². The number of hydrogen-bond acceptors (Lipinski definition) is 5. The van der Waals surface area contributed by atoms with Crippen molar-refractivity contribution < 1.29 is 9.59 Å². The van der Waals surface area contributed by atoms with Crippen LogP contribution in [-0.4, -0.2) is 40.3 Å². The van der Waals surface area contributed by atoms with E-state index in [0.717, 1.165) is 43.7 Å². The molecule has 2 aromatic rings. The number of aryl methyl sites for hydroxylation is 1. The molecule has 3 rings (SSSR count). The first-order chi connectivity index (χ1) is 13.7. The molecule has 3 heterocycles. The molecular formula is C22H30N4O2S. The summed E-state index contributed by atoms with van der Waals surface area (Å²) in [5.41, 5.74) is 2.16. The van der Waals surface area contributed by atoms with Gasteiger partial charge >= 0.3 is 0 Å². The van der Waals surface area contributed by atoms with E-state index in [-0.39, 0.29) is 23.3 Å². The highest BCUT2D eigenvalue weighted by atomic mass is 32.1. The topological polar surface area (TPSA) is 74.3 Å². The summed E-state index contributed by atoms with van der Waals surface area (Å²) in [4.78, 5) is 32.4. The molecule has 0 aliphatic carbocycles. The first-order valence-electron chi connectivity index (χ1n) is 10.0. The molecule has 0 bridgehead atoms. The van der Waals surface area contributed by atoms with E-state index in [1.165, 1.54) is 4.88 Å². The van der Waals surface area contributed by atoms with Crippen LogP contribution in [0.25, 0.3) is 0 Å². The highest BCUT2D eigenvalue weighted by Crippen LogP contribution is 2.25. The van der Waals surface area contributed by atoms with Crippen LogP contribution in [0.5, 0.6) is 0 Å². The van der Waals surface area contributed by atoms with Crippen LogP contribution < -0.4 is 10.6 Å². The van der Waals surface area contributed by atoms with E-state index in [1.807, 2.05) is 45.2 Å². The standard InChI is InChI=1S/C22H30N4O2S/c1-15-9-17(12-23-11-15)20(27)24-18-10-19(29-14-18)13-26-7-5-16(6-8-26)21(28)25-22(2,3)4/h9-12,14,16H,5-8,13H2,1-4H3,(H,24,27)(H,25,28). The Morgan fingerprint density at radius 3 is 2.59 bits per heavy atom. The summed E-state index contributed by atoms with van der Waals surface area (Å²) >= 11 is 1.65. The zero-order chi connectivity index (χ0) is 21.0. The first kappa shape index (κ1) is 21.5. The van der Waals surface area contributed by atoms with Crippen LogP contribution in [-0.2, 0) is 11.3 Å².